The Morgan fingerprint density at radius 2 is 1.86 bits per heavy atom. The molecule has 1 aromatic heterocycles. The summed E-state index contributed by atoms with van der Waals surface area (Å²) in [5, 5.41) is 6.02. The van der Waals surface area contributed by atoms with Crippen molar-refractivity contribution in [3.63, 3.8) is 0 Å². The van der Waals surface area contributed by atoms with Gasteiger partial charge in [0.05, 0.1) is 18.4 Å². The summed E-state index contributed by atoms with van der Waals surface area (Å²) in [7, 11) is 1.56. The molecule has 142 valence electrons. The maximum atomic E-state index is 12.5. The number of rotatable bonds is 5. The predicted octanol–water partition coefficient (Wildman–Crippen LogP) is 3.86. The summed E-state index contributed by atoms with van der Waals surface area (Å²) < 4.78 is 16.3. The first-order valence-corrected chi connectivity index (χ1v) is 8.80. The van der Waals surface area contributed by atoms with E-state index in [1.165, 1.54) is 6.20 Å². The highest BCUT2D eigenvalue weighted by Crippen LogP contribution is 2.33. The number of fused-ring (bicyclic) bond motifs is 1. The van der Waals surface area contributed by atoms with Gasteiger partial charge in [-0.25, -0.2) is 4.98 Å². The van der Waals surface area contributed by atoms with Gasteiger partial charge in [0.15, 0.2) is 11.5 Å². The van der Waals surface area contributed by atoms with E-state index in [-0.39, 0.29) is 5.91 Å². The number of hydrogen-bond acceptors (Lipinski definition) is 6. The minimum absolute atomic E-state index is 0.261. The zero-order valence-electron chi connectivity index (χ0n) is 15.3. The molecule has 28 heavy (non-hydrogen) atoms. The van der Waals surface area contributed by atoms with E-state index in [1.54, 1.807) is 31.4 Å². The van der Waals surface area contributed by atoms with Crippen molar-refractivity contribution >= 4 is 23.1 Å². The fraction of sp³-hybridized carbons (Fsp3) is 0.143. The van der Waals surface area contributed by atoms with Gasteiger partial charge < -0.3 is 24.8 Å². The third kappa shape index (κ3) is 3.83. The molecule has 2 N–H and O–H groups in total. The Labute approximate surface area is 162 Å². The number of carbonyl (C=O) groups is 1. The van der Waals surface area contributed by atoms with Crippen LogP contribution in [0.3, 0.4) is 0 Å². The van der Waals surface area contributed by atoms with Gasteiger partial charge in [-0.1, -0.05) is 12.1 Å². The number of hydrogen-bond donors (Lipinski definition) is 2. The number of nitrogens with one attached hydrogen (secondary N) is 2. The second-order valence-corrected chi connectivity index (χ2v) is 6.07. The van der Waals surface area contributed by atoms with Gasteiger partial charge in [-0.15, -0.1) is 0 Å². The van der Waals surface area contributed by atoms with Crippen molar-refractivity contribution in [2.75, 3.05) is 31.0 Å². The van der Waals surface area contributed by atoms with E-state index in [0.717, 1.165) is 11.4 Å². The number of anilines is 3. The van der Waals surface area contributed by atoms with Crippen LogP contribution in [0.4, 0.5) is 17.2 Å². The molecule has 7 heteroatoms. The van der Waals surface area contributed by atoms with E-state index in [0.29, 0.717) is 41.8 Å². The van der Waals surface area contributed by atoms with E-state index >= 15 is 0 Å². The van der Waals surface area contributed by atoms with Crippen LogP contribution in [0, 0.1) is 0 Å². The third-order valence-corrected chi connectivity index (χ3v) is 4.20. The molecule has 3 aromatic rings. The van der Waals surface area contributed by atoms with Gasteiger partial charge in [0.25, 0.3) is 5.91 Å². The summed E-state index contributed by atoms with van der Waals surface area (Å²) in [6.07, 6.45) is 1.52. The smallest absolute Gasteiger partial charge is 0.257 e. The van der Waals surface area contributed by atoms with Crippen LogP contribution in [0.1, 0.15) is 10.4 Å². The van der Waals surface area contributed by atoms with Crippen molar-refractivity contribution < 1.29 is 19.0 Å². The Bertz CT molecular complexity index is 989. The molecule has 0 fully saturated rings. The Hall–Kier alpha value is -3.74. The maximum absolute atomic E-state index is 12.5. The maximum Gasteiger partial charge on any atom is 0.257 e. The van der Waals surface area contributed by atoms with Gasteiger partial charge in [-0.2, -0.15) is 0 Å². The average Bonchev–Trinajstić information content (AvgIpc) is 2.74. The number of methoxy groups -OCH3 is 1. The Balaban J connectivity index is 1.44. The van der Waals surface area contributed by atoms with Crippen molar-refractivity contribution in [3.8, 4) is 17.2 Å². The zero-order chi connectivity index (χ0) is 19.3. The first kappa shape index (κ1) is 17.7. The summed E-state index contributed by atoms with van der Waals surface area (Å²) >= 11 is 0. The molecule has 7 nitrogen and oxygen atoms in total. The molecular weight excluding hydrogens is 358 g/mol. The van der Waals surface area contributed by atoms with Crippen LogP contribution in [-0.4, -0.2) is 31.2 Å². The van der Waals surface area contributed by atoms with Gasteiger partial charge in [-0.05, 0) is 36.4 Å². The highest BCUT2D eigenvalue weighted by molar-refractivity contribution is 6.04. The summed E-state index contributed by atoms with van der Waals surface area (Å²) in [6, 6.07) is 16.3. The second kappa shape index (κ2) is 7.87. The molecule has 1 amide bonds. The predicted molar refractivity (Wildman–Crippen MR) is 106 cm³/mol. The lowest BCUT2D eigenvalue weighted by Gasteiger charge is -2.19. The largest absolute Gasteiger partial charge is 0.495 e. The lowest BCUT2D eigenvalue weighted by molar-refractivity contribution is 0.102. The van der Waals surface area contributed by atoms with E-state index in [9.17, 15) is 4.79 Å². The van der Waals surface area contributed by atoms with E-state index < -0.39 is 0 Å². The zero-order valence-corrected chi connectivity index (χ0v) is 15.3. The lowest BCUT2D eigenvalue weighted by Crippen LogP contribution is -2.15. The number of aromatic nitrogens is 1. The van der Waals surface area contributed by atoms with Crippen molar-refractivity contribution in [2.24, 2.45) is 0 Å². The number of ether oxygens (including phenoxy) is 3. The average molecular weight is 377 g/mol. The van der Waals surface area contributed by atoms with Crippen molar-refractivity contribution in [1.82, 2.24) is 4.98 Å². The standard InChI is InChI=1S/C21H19N3O4/c1-26-17-5-3-2-4-16(17)24-21(25)14-6-9-20(22-13-14)23-15-7-8-18-19(12-15)28-11-10-27-18/h2-9,12-13H,10-11H2,1H3,(H,22,23)(H,24,25). The molecule has 0 aliphatic carbocycles. The number of nitrogens with zero attached hydrogens (tertiary/aromatic N) is 1. The van der Waals surface area contributed by atoms with Gasteiger partial charge in [-0.3, -0.25) is 4.79 Å². The molecule has 0 spiro atoms. The SMILES string of the molecule is COc1ccccc1NC(=O)c1ccc(Nc2ccc3c(c2)OCCO3)nc1. The van der Waals surface area contributed by atoms with E-state index in [1.807, 2.05) is 30.3 Å². The molecule has 0 atom stereocenters. The molecule has 0 unspecified atom stereocenters. The molecule has 1 aliphatic rings. The topological polar surface area (TPSA) is 81.7 Å². The molecule has 0 bridgehead atoms. The Morgan fingerprint density at radius 3 is 2.64 bits per heavy atom. The molecule has 0 radical (unpaired) electrons. The molecule has 0 saturated carbocycles. The van der Waals surface area contributed by atoms with Crippen molar-refractivity contribution in [2.45, 2.75) is 0 Å². The first-order valence-electron chi connectivity index (χ1n) is 8.80. The molecular formula is C21H19N3O4. The number of carbonyl (C=O) groups excluding carboxylic acids is 1. The Kier molecular flexibility index (Phi) is 4.97. The van der Waals surface area contributed by atoms with Crippen LogP contribution in [0.5, 0.6) is 17.2 Å². The Morgan fingerprint density at radius 1 is 1.04 bits per heavy atom. The first-order chi connectivity index (χ1) is 13.7. The van der Waals surface area contributed by atoms with Gasteiger partial charge in [0.2, 0.25) is 0 Å². The molecule has 1 aliphatic heterocycles. The molecule has 0 saturated heterocycles. The van der Waals surface area contributed by atoms with E-state index in [4.69, 9.17) is 14.2 Å². The number of pyridine rings is 1. The summed E-state index contributed by atoms with van der Waals surface area (Å²) in [5.41, 5.74) is 1.87. The summed E-state index contributed by atoms with van der Waals surface area (Å²) in [4.78, 5) is 16.8. The second-order valence-electron chi connectivity index (χ2n) is 6.07. The minimum atomic E-state index is -0.261. The molecule has 2 aromatic carbocycles. The number of para-hydroxylation sites is 2. The summed E-state index contributed by atoms with van der Waals surface area (Å²) in [5.74, 6) is 2.38. The van der Waals surface area contributed by atoms with Crippen LogP contribution in [0.2, 0.25) is 0 Å². The van der Waals surface area contributed by atoms with Crippen LogP contribution in [0.25, 0.3) is 0 Å². The van der Waals surface area contributed by atoms with Crippen molar-refractivity contribution in [1.29, 1.82) is 0 Å². The highest BCUT2D eigenvalue weighted by atomic mass is 16.6. The monoisotopic (exact) mass is 377 g/mol. The summed E-state index contributed by atoms with van der Waals surface area (Å²) in [6.45, 7) is 1.09. The molecule has 4 rings (SSSR count). The quantitative estimate of drug-likeness (QED) is 0.703. The van der Waals surface area contributed by atoms with Gasteiger partial charge >= 0.3 is 0 Å². The lowest BCUT2D eigenvalue weighted by atomic mass is 10.2. The van der Waals surface area contributed by atoms with Crippen LogP contribution in [-0.2, 0) is 0 Å². The van der Waals surface area contributed by atoms with Gasteiger partial charge in [0, 0.05) is 18.0 Å². The fourth-order valence-electron chi connectivity index (χ4n) is 2.81. The number of amides is 1. The molecule has 2 heterocycles. The minimum Gasteiger partial charge on any atom is -0.495 e. The highest BCUT2D eigenvalue weighted by Gasteiger charge is 2.13. The van der Waals surface area contributed by atoms with Crippen LogP contribution >= 0.6 is 0 Å². The number of benzene rings is 2. The van der Waals surface area contributed by atoms with Crippen LogP contribution in [0.15, 0.2) is 60.8 Å². The van der Waals surface area contributed by atoms with Crippen LogP contribution < -0.4 is 24.8 Å². The fourth-order valence-corrected chi connectivity index (χ4v) is 2.81. The third-order valence-electron chi connectivity index (χ3n) is 4.20. The van der Waals surface area contributed by atoms with E-state index in [2.05, 4.69) is 15.6 Å². The van der Waals surface area contributed by atoms with Crippen molar-refractivity contribution in [3.05, 3.63) is 66.4 Å². The normalized spacial score (nSPS) is 12.2. The van der Waals surface area contributed by atoms with Gasteiger partial charge in [0.1, 0.15) is 24.8 Å².